The molecule has 3 aromatic rings. The van der Waals surface area contributed by atoms with E-state index in [1.807, 2.05) is 18.2 Å². The number of phenols is 1. The van der Waals surface area contributed by atoms with Gasteiger partial charge < -0.3 is 15.5 Å². The fourth-order valence-corrected chi connectivity index (χ4v) is 3.34. The molecule has 1 atom stereocenters. The van der Waals surface area contributed by atoms with Crippen LogP contribution in [0.5, 0.6) is 5.75 Å². The van der Waals surface area contributed by atoms with Crippen molar-refractivity contribution in [3.05, 3.63) is 101 Å². The van der Waals surface area contributed by atoms with Crippen molar-refractivity contribution in [2.75, 3.05) is 6.54 Å². The van der Waals surface area contributed by atoms with Crippen LogP contribution in [0.3, 0.4) is 0 Å². The van der Waals surface area contributed by atoms with Gasteiger partial charge in [-0.1, -0.05) is 66.7 Å². The summed E-state index contributed by atoms with van der Waals surface area (Å²) in [6.45, 7) is 0.886. The minimum Gasteiger partial charge on any atom is -0.508 e. The molecule has 3 nitrogen and oxygen atoms in total. The summed E-state index contributed by atoms with van der Waals surface area (Å²) in [6.07, 6.45) is 2.61. The van der Waals surface area contributed by atoms with Crippen molar-refractivity contribution in [1.29, 1.82) is 0 Å². The highest BCUT2D eigenvalue weighted by atomic mass is 16.3. The number of aliphatic hydroxyl groups excluding tert-OH is 1. The quantitative estimate of drug-likeness (QED) is 0.530. The van der Waals surface area contributed by atoms with Crippen molar-refractivity contribution >= 4 is 0 Å². The van der Waals surface area contributed by atoms with Gasteiger partial charge in [-0.05, 0) is 60.2 Å². The van der Waals surface area contributed by atoms with Gasteiger partial charge in [0.2, 0.25) is 0 Å². The number of benzene rings is 3. The van der Waals surface area contributed by atoms with E-state index in [0.717, 1.165) is 36.9 Å². The molecule has 3 heteroatoms. The third kappa shape index (κ3) is 5.68. The summed E-state index contributed by atoms with van der Waals surface area (Å²) in [7, 11) is 0. The maximum atomic E-state index is 10.1. The van der Waals surface area contributed by atoms with Crippen molar-refractivity contribution in [3.8, 4) is 5.75 Å². The Morgan fingerprint density at radius 3 is 2.19 bits per heavy atom. The standard InChI is InChI=1S/C24H27NO2/c26-18-20-11-14-24(27)22(17-20)12-13-23(21-9-5-2-6-10-21)25-16-15-19-7-3-1-4-8-19/h1-11,14,17,23,25-27H,12-13,15-16,18H2. The predicted molar refractivity (Wildman–Crippen MR) is 110 cm³/mol. The van der Waals surface area contributed by atoms with Crippen LogP contribution in [0.15, 0.2) is 78.9 Å². The van der Waals surface area contributed by atoms with Crippen molar-refractivity contribution in [3.63, 3.8) is 0 Å². The average molecular weight is 361 g/mol. The normalized spacial score (nSPS) is 12.0. The smallest absolute Gasteiger partial charge is 0.118 e. The molecule has 0 spiro atoms. The first kappa shape index (κ1) is 19.2. The second-order valence-corrected chi connectivity index (χ2v) is 6.81. The van der Waals surface area contributed by atoms with E-state index in [9.17, 15) is 10.2 Å². The van der Waals surface area contributed by atoms with E-state index in [0.29, 0.717) is 5.75 Å². The Morgan fingerprint density at radius 2 is 1.48 bits per heavy atom. The summed E-state index contributed by atoms with van der Waals surface area (Å²) in [5.74, 6) is 0.295. The molecule has 3 N–H and O–H groups in total. The molecule has 3 aromatic carbocycles. The lowest BCUT2D eigenvalue weighted by Gasteiger charge is -2.20. The zero-order valence-electron chi connectivity index (χ0n) is 15.5. The molecule has 0 bridgehead atoms. The van der Waals surface area contributed by atoms with Crippen LogP contribution in [0.1, 0.15) is 34.7 Å². The predicted octanol–water partition coefficient (Wildman–Crippen LogP) is 4.39. The number of nitrogens with one attached hydrogen (secondary N) is 1. The first-order valence-corrected chi connectivity index (χ1v) is 9.50. The molecule has 0 radical (unpaired) electrons. The van der Waals surface area contributed by atoms with Gasteiger partial charge in [0.15, 0.2) is 0 Å². The van der Waals surface area contributed by atoms with Crippen LogP contribution in [0, 0.1) is 0 Å². The van der Waals surface area contributed by atoms with Gasteiger partial charge in [-0.2, -0.15) is 0 Å². The van der Waals surface area contributed by atoms with Gasteiger partial charge >= 0.3 is 0 Å². The minimum atomic E-state index is -0.00921. The number of rotatable bonds is 9. The van der Waals surface area contributed by atoms with E-state index in [2.05, 4.69) is 53.8 Å². The SMILES string of the molecule is OCc1ccc(O)c(CCC(NCCc2ccccc2)c2ccccc2)c1. The van der Waals surface area contributed by atoms with Crippen LogP contribution in [0.2, 0.25) is 0 Å². The van der Waals surface area contributed by atoms with Gasteiger partial charge in [0.05, 0.1) is 6.61 Å². The molecule has 0 aliphatic carbocycles. The first-order chi connectivity index (χ1) is 13.3. The Morgan fingerprint density at radius 1 is 0.778 bits per heavy atom. The molecule has 0 aromatic heterocycles. The highest BCUT2D eigenvalue weighted by Gasteiger charge is 2.12. The van der Waals surface area contributed by atoms with Crippen molar-refractivity contribution in [2.24, 2.45) is 0 Å². The van der Waals surface area contributed by atoms with Crippen molar-refractivity contribution < 1.29 is 10.2 Å². The fraction of sp³-hybridized carbons (Fsp3) is 0.250. The third-order valence-electron chi connectivity index (χ3n) is 4.88. The zero-order valence-corrected chi connectivity index (χ0v) is 15.5. The number of hydrogen-bond acceptors (Lipinski definition) is 3. The van der Waals surface area contributed by atoms with Gasteiger partial charge in [-0.25, -0.2) is 0 Å². The molecule has 1 unspecified atom stereocenters. The Labute approximate surface area is 161 Å². The van der Waals surface area contributed by atoms with Gasteiger partial charge in [-0.15, -0.1) is 0 Å². The second-order valence-electron chi connectivity index (χ2n) is 6.81. The van der Waals surface area contributed by atoms with E-state index < -0.39 is 0 Å². The van der Waals surface area contributed by atoms with Gasteiger partial charge in [0.1, 0.15) is 5.75 Å². The number of aliphatic hydroxyl groups is 1. The average Bonchev–Trinajstić information content (AvgIpc) is 2.73. The van der Waals surface area contributed by atoms with E-state index in [1.54, 1.807) is 12.1 Å². The van der Waals surface area contributed by atoms with E-state index >= 15 is 0 Å². The summed E-state index contributed by atoms with van der Waals surface area (Å²) in [5, 5.41) is 23.1. The molecule has 0 fully saturated rings. The Kier molecular flexibility index (Phi) is 7.03. The highest BCUT2D eigenvalue weighted by Crippen LogP contribution is 2.25. The summed E-state index contributed by atoms with van der Waals surface area (Å²) < 4.78 is 0. The maximum Gasteiger partial charge on any atom is 0.118 e. The van der Waals surface area contributed by atoms with E-state index in [1.165, 1.54) is 11.1 Å². The third-order valence-corrected chi connectivity index (χ3v) is 4.88. The van der Waals surface area contributed by atoms with Crippen molar-refractivity contribution in [1.82, 2.24) is 5.32 Å². The topological polar surface area (TPSA) is 52.5 Å². The molecule has 140 valence electrons. The van der Waals surface area contributed by atoms with E-state index in [-0.39, 0.29) is 12.6 Å². The summed E-state index contributed by atoms with van der Waals surface area (Å²) in [6, 6.07) is 26.4. The van der Waals surface area contributed by atoms with Crippen molar-refractivity contribution in [2.45, 2.75) is 31.9 Å². The van der Waals surface area contributed by atoms with Crippen LogP contribution < -0.4 is 5.32 Å². The molecule has 0 amide bonds. The number of hydrogen-bond donors (Lipinski definition) is 3. The number of aromatic hydroxyl groups is 1. The summed E-state index contributed by atoms with van der Waals surface area (Å²) >= 11 is 0. The summed E-state index contributed by atoms with van der Waals surface area (Å²) in [4.78, 5) is 0. The van der Waals surface area contributed by atoms with Gasteiger partial charge in [0.25, 0.3) is 0 Å². The Bertz CT molecular complexity index is 818. The van der Waals surface area contributed by atoms with Crippen LogP contribution in [-0.2, 0) is 19.4 Å². The molecule has 0 saturated carbocycles. The molecular weight excluding hydrogens is 334 g/mol. The molecule has 0 saturated heterocycles. The van der Waals surface area contributed by atoms with Crippen LogP contribution in [0.4, 0.5) is 0 Å². The number of phenolic OH excluding ortho intramolecular Hbond substituents is 1. The molecule has 27 heavy (non-hydrogen) atoms. The largest absolute Gasteiger partial charge is 0.508 e. The lowest BCUT2D eigenvalue weighted by molar-refractivity contribution is 0.281. The van der Waals surface area contributed by atoms with Gasteiger partial charge in [-0.3, -0.25) is 0 Å². The van der Waals surface area contributed by atoms with Crippen LogP contribution in [0.25, 0.3) is 0 Å². The fourth-order valence-electron chi connectivity index (χ4n) is 3.34. The monoisotopic (exact) mass is 361 g/mol. The molecule has 0 aliphatic heterocycles. The second kappa shape index (κ2) is 9.91. The van der Waals surface area contributed by atoms with Crippen LogP contribution in [-0.4, -0.2) is 16.8 Å². The number of aryl methyl sites for hydroxylation is 1. The Balaban J connectivity index is 1.65. The lowest BCUT2D eigenvalue weighted by atomic mass is 9.97. The van der Waals surface area contributed by atoms with Crippen LogP contribution >= 0.6 is 0 Å². The minimum absolute atomic E-state index is 0.00921. The lowest BCUT2D eigenvalue weighted by Crippen LogP contribution is -2.24. The molecule has 0 aliphatic rings. The Hall–Kier alpha value is -2.62. The summed E-state index contributed by atoms with van der Waals surface area (Å²) in [5.41, 5.74) is 4.29. The first-order valence-electron chi connectivity index (χ1n) is 9.50. The molecule has 0 heterocycles. The molecule has 3 rings (SSSR count). The van der Waals surface area contributed by atoms with Gasteiger partial charge in [0, 0.05) is 6.04 Å². The van der Waals surface area contributed by atoms with E-state index in [4.69, 9.17) is 0 Å². The molecular formula is C24H27NO2. The highest BCUT2D eigenvalue weighted by molar-refractivity contribution is 5.36. The zero-order chi connectivity index (χ0) is 18.9. The maximum absolute atomic E-state index is 10.1.